The molecule has 18 heteroatoms. The smallest absolute Gasteiger partial charge is 0.262 e. The summed E-state index contributed by atoms with van der Waals surface area (Å²) in [7, 11) is 0. The molecule has 0 saturated heterocycles. The van der Waals surface area contributed by atoms with Gasteiger partial charge < -0.3 is 0 Å². The summed E-state index contributed by atoms with van der Waals surface area (Å²) in [4.78, 5) is 42.6. The number of rotatable bonds is 1. The maximum Gasteiger partial charge on any atom is 0.473 e. The highest BCUT2D eigenvalue weighted by Crippen LogP contribution is 2.26. The Balaban J connectivity index is 2.48. The Labute approximate surface area is 177 Å². The minimum absolute atomic E-state index is 0.00273. The van der Waals surface area contributed by atoms with E-state index in [1.807, 2.05) is 0 Å². The molecule has 0 aliphatic rings. The molecular weight excluding hydrogens is 501 g/mol. The molecule has 3 aromatic rings. The Morgan fingerprint density at radius 3 is 1.76 bits per heavy atom. The van der Waals surface area contributed by atoms with Gasteiger partial charge in [0.05, 0.1) is 11.0 Å². The van der Waals surface area contributed by atoms with Crippen molar-refractivity contribution in [2.45, 2.75) is 18.5 Å². The van der Waals surface area contributed by atoms with E-state index in [1.54, 1.807) is 0 Å². The van der Waals surface area contributed by atoms with E-state index < -0.39 is 61.2 Å². The number of hydrogen-bond acceptors (Lipinski definition) is 6. The SMILES string of the molecule is O=C(N=c1sc2nc3ccccc3nc2n1N(C(=O)C(F)(F)F)C(=O)C(F)(F)F)C(F)(F)F. The van der Waals surface area contributed by atoms with Crippen LogP contribution in [0.1, 0.15) is 0 Å². The fourth-order valence-corrected chi connectivity index (χ4v) is 3.24. The maximum atomic E-state index is 13.0. The first kappa shape index (κ1) is 24.1. The summed E-state index contributed by atoms with van der Waals surface area (Å²) in [6.07, 6.45) is -17.9. The first-order valence-corrected chi connectivity index (χ1v) is 8.80. The van der Waals surface area contributed by atoms with Crippen molar-refractivity contribution in [1.82, 2.24) is 14.6 Å². The molecule has 0 fully saturated rings. The first-order valence-electron chi connectivity index (χ1n) is 7.98. The van der Waals surface area contributed by atoms with E-state index in [0.717, 1.165) is 0 Å². The maximum absolute atomic E-state index is 13.0. The van der Waals surface area contributed by atoms with Crippen LogP contribution in [0.4, 0.5) is 39.5 Å². The number of thiazole rings is 1. The highest BCUT2D eigenvalue weighted by molar-refractivity contribution is 7.16. The summed E-state index contributed by atoms with van der Waals surface area (Å²) in [5.41, 5.74) is -1.24. The number of imide groups is 1. The van der Waals surface area contributed by atoms with Gasteiger partial charge in [-0.1, -0.05) is 23.5 Å². The molecule has 3 rings (SSSR count). The molecular formula is C15H4F9N5O3S. The molecule has 176 valence electrons. The van der Waals surface area contributed by atoms with Gasteiger partial charge in [-0.25, -0.2) is 9.97 Å². The van der Waals surface area contributed by atoms with Gasteiger partial charge in [0, 0.05) is 0 Å². The first-order chi connectivity index (χ1) is 15.0. The van der Waals surface area contributed by atoms with Crippen LogP contribution >= 0.6 is 11.3 Å². The number of aromatic nitrogens is 3. The molecule has 0 aliphatic carbocycles. The van der Waals surface area contributed by atoms with E-state index in [1.165, 1.54) is 24.3 Å². The molecule has 8 nitrogen and oxygen atoms in total. The number of fused-ring (bicyclic) bond motifs is 2. The summed E-state index contributed by atoms with van der Waals surface area (Å²) in [6.45, 7) is 0. The number of benzene rings is 1. The van der Waals surface area contributed by atoms with Crippen LogP contribution in [0.5, 0.6) is 0 Å². The molecule has 3 amide bonds. The third kappa shape index (κ3) is 4.64. The predicted molar refractivity (Wildman–Crippen MR) is 89.9 cm³/mol. The topological polar surface area (TPSA) is 97.5 Å². The lowest BCUT2D eigenvalue weighted by Crippen LogP contribution is -2.58. The van der Waals surface area contributed by atoms with E-state index in [0.29, 0.717) is 0 Å². The average molecular weight is 505 g/mol. The van der Waals surface area contributed by atoms with Gasteiger partial charge >= 0.3 is 36.3 Å². The number of nitrogens with zero attached hydrogens (tertiary/aromatic N) is 5. The Hall–Kier alpha value is -3.57. The van der Waals surface area contributed by atoms with Gasteiger partial charge in [0.15, 0.2) is 10.5 Å². The normalized spacial score (nSPS) is 13.5. The van der Waals surface area contributed by atoms with Crippen molar-refractivity contribution < 1.29 is 53.9 Å². The summed E-state index contributed by atoms with van der Waals surface area (Å²) < 4.78 is 116. The average Bonchev–Trinajstić information content (AvgIpc) is 3.00. The monoisotopic (exact) mass is 505 g/mol. The highest BCUT2D eigenvalue weighted by Gasteiger charge is 2.54. The fourth-order valence-electron chi connectivity index (χ4n) is 2.32. The van der Waals surface area contributed by atoms with Gasteiger partial charge in [-0.05, 0) is 12.1 Å². The minimum Gasteiger partial charge on any atom is -0.262 e. The lowest BCUT2D eigenvalue weighted by atomic mass is 10.3. The number of carbonyl (C=O) groups is 3. The molecule has 0 aliphatic heterocycles. The van der Waals surface area contributed by atoms with Gasteiger partial charge in [-0.2, -0.15) is 54.2 Å². The quantitative estimate of drug-likeness (QED) is 0.474. The van der Waals surface area contributed by atoms with Crippen molar-refractivity contribution in [2.24, 2.45) is 4.99 Å². The van der Waals surface area contributed by atoms with Crippen molar-refractivity contribution >= 4 is 50.6 Å². The molecule has 2 heterocycles. The van der Waals surface area contributed by atoms with Gasteiger partial charge in [0.1, 0.15) is 0 Å². The molecule has 2 aromatic heterocycles. The van der Waals surface area contributed by atoms with Gasteiger partial charge in [-0.3, -0.25) is 14.4 Å². The molecule has 0 spiro atoms. The lowest BCUT2D eigenvalue weighted by Gasteiger charge is -2.23. The molecule has 0 radical (unpaired) electrons. The third-order valence-electron chi connectivity index (χ3n) is 3.60. The molecule has 0 bridgehead atoms. The second-order valence-corrected chi connectivity index (χ2v) is 6.83. The van der Waals surface area contributed by atoms with Crippen molar-refractivity contribution in [1.29, 1.82) is 0 Å². The van der Waals surface area contributed by atoms with Crippen molar-refractivity contribution in [3.8, 4) is 0 Å². The summed E-state index contributed by atoms with van der Waals surface area (Å²) in [5, 5.41) is -1.54. The number of amides is 3. The Bertz CT molecular complexity index is 1330. The van der Waals surface area contributed by atoms with Gasteiger partial charge in [-0.15, -0.1) is 0 Å². The number of alkyl halides is 9. The molecule has 1 aromatic carbocycles. The van der Waals surface area contributed by atoms with Crippen LogP contribution in [0, 0.1) is 0 Å². The standard InChI is InChI=1S/C15H4F9N5O3S/c16-13(17,18)9(30)27-12-28(29(10(31)14(19,20)21)11(32)15(22,23)24)7-8(33-12)26-6-4-2-1-3-5(6)25-7/h1-4H. The molecule has 33 heavy (non-hydrogen) atoms. The summed E-state index contributed by atoms with van der Waals surface area (Å²) in [5.74, 6) is -9.80. The van der Waals surface area contributed by atoms with Crippen LogP contribution in [0.3, 0.4) is 0 Å². The van der Waals surface area contributed by atoms with E-state index in [4.69, 9.17) is 0 Å². The minimum atomic E-state index is -6.10. The van der Waals surface area contributed by atoms with Crippen LogP contribution in [-0.2, 0) is 14.4 Å². The van der Waals surface area contributed by atoms with Crippen molar-refractivity contribution in [3.63, 3.8) is 0 Å². The molecule has 0 N–H and O–H groups in total. The zero-order chi connectivity index (χ0) is 24.9. The highest BCUT2D eigenvalue weighted by atomic mass is 32.1. The van der Waals surface area contributed by atoms with Crippen molar-refractivity contribution in [2.75, 3.05) is 5.01 Å². The summed E-state index contributed by atoms with van der Waals surface area (Å²) >= 11 is -0.111. The van der Waals surface area contributed by atoms with Crippen LogP contribution in [-0.4, -0.2) is 50.9 Å². The Morgan fingerprint density at radius 2 is 1.30 bits per heavy atom. The molecule has 0 saturated carbocycles. The molecule has 0 atom stereocenters. The number of halogens is 9. The van der Waals surface area contributed by atoms with Crippen LogP contribution < -0.4 is 9.81 Å². The third-order valence-corrected chi connectivity index (χ3v) is 4.51. The largest absolute Gasteiger partial charge is 0.473 e. The van der Waals surface area contributed by atoms with Gasteiger partial charge in [0.2, 0.25) is 4.80 Å². The van der Waals surface area contributed by atoms with Crippen LogP contribution in [0.25, 0.3) is 21.5 Å². The number of para-hydroxylation sites is 2. The van der Waals surface area contributed by atoms with E-state index in [9.17, 15) is 53.9 Å². The van der Waals surface area contributed by atoms with E-state index in [2.05, 4.69) is 15.0 Å². The molecule has 0 unspecified atom stereocenters. The van der Waals surface area contributed by atoms with E-state index >= 15 is 0 Å². The Morgan fingerprint density at radius 1 is 0.818 bits per heavy atom. The second-order valence-electron chi connectivity index (χ2n) is 5.87. The van der Waals surface area contributed by atoms with Gasteiger partial charge in [0.25, 0.3) is 0 Å². The summed E-state index contributed by atoms with van der Waals surface area (Å²) in [6, 6.07) is 5.22. The zero-order valence-corrected chi connectivity index (χ0v) is 15.9. The van der Waals surface area contributed by atoms with Crippen LogP contribution in [0.15, 0.2) is 29.3 Å². The van der Waals surface area contributed by atoms with Crippen LogP contribution in [0.2, 0.25) is 0 Å². The number of hydrogen-bond donors (Lipinski definition) is 0. The second kappa shape index (κ2) is 7.78. The lowest BCUT2D eigenvalue weighted by molar-refractivity contribution is -0.184. The van der Waals surface area contributed by atoms with Crippen molar-refractivity contribution in [3.05, 3.63) is 29.1 Å². The fraction of sp³-hybridized carbons (Fsp3) is 0.200. The number of carbonyl (C=O) groups excluding carboxylic acids is 3. The zero-order valence-electron chi connectivity index (χ0n) is 15.1. The Kier molecular flexibility index (Phi) is 5.68. The van der Waals surface area contributed by atoms with E-state index in [-0.39, 0.29) is 22.4 Å². The predicted octanol–water partition coefficient (Wildman–Crippen LogP) is 2.75.